The van der Waals surface area contributed by atoms with Crippen LogP contribution in [0.1, 0.15) is 17.3 Å². The van der Waals surface area contributed by atoms with Crippen molar-refractivity contribution in [3.63, 3.8) is 0 Å². The molecule has 0 aromatic carbocycles. The number of likely N-dealkylation sites (N-methyl/N-ethyl adjacent to an activating group) is 1. The molecule has 21 heavy (non-hydrogen) atoms. The summed E-state index contributed by atoms with van der Waals surface area (Å²) in [6.45, 7) is -1.83. The zero-order valence-corrected chi connectivity index (χ0v) is 12.3. The summed E-state index contributed by atoms with van der Waals surface area (Å²) in [7, 11) is 1.69. The van der Waals surface area contributed by atoms with Gasteiger partial charge in [0.2, 0.25) is 5.91 Å². The normalized spacial score (nSPS) is 11.3. The van der Waals surface area contributed by atoms with Gasteiger partial charge in [0.1, 0.15) is 5.82 Å². The minimum absolute atomic E-state index is 0.126. The highest BCUT2D eigenvalue weighted by Crippen LogP contribution is 2.13. The molecule has 0 bridgehead atoms. The van der Waals surface area contributed by atoms with Gasteiger partial charge in [-0.1, -0.05) is 6.07 Å². The van der Waals surface area contributed by atoms with Crippen LogP contribution in [-0.2, 0) is 17.9 Å². The summed E-state index contributed by atoms with van der Waals surface area (Å²) in [6, 6.07) is 3.86. The maximum absolute atomic E-state index is 12.7. The fourth-order valence-corrected chi connectivity index (χ4v) is 2.49. The van der Waals surface area contributed by atoms with Gasteiger partial charge in [-0.05, 0) is 18.5 Å². The van der Waals surface area contributed by atoms with E-state index < -0.39 is 6.55 Å². The van der Waals surface area contributed by atoms with Crippen LogP contribution in [0.5, 0.6) is 0 Å². The highest BCUT2D eigenvalue weighted by atomic mass is 32.1. The zero-order valence-electron chi connectivity index (χ0n) is 11.5. The summed E-state index contributed by atoms with van der Waals surface area (Å²) in [4.78, 5) is 18.4. The van der Waals surface area contributed by atoms with E-state index in [2.05, 4.69) is 10.3 Å². The number of alkyl halides is 2. The zero-order chi connectivity index (χ0) is 15.2. The van der Waals surface area contributed by atoms with E-state index in [9.17, 15) is 13.6 Å². The number of imidazole rings is 1. The van der Waals surface area contributed by atoms with Crippen LogP contribution in [0.3, 0.4) is 0 Å². The molecule has 0 unspecified atom stereocenters. The maximum atomic E-state index is 12.7. The number of hydrogen-bond acceptors (Lipinski definition) is 4. The standard InChI is InChI=1S/C13H16F2N4OS/c1-18(8-11-16-4-5-19(11)13(14)15)9-12(20)17-7-10-3-2-6-21-10/h2-6,13H,7-9H2,1H3,(H,17,20). The Balaban J connectivity index is 1.79. The molecule has 2 rings (SSSR count). The third-order valence-corrected chi connectivity index (χ3v) is 3.70. The molecule has 2 aromatic heterocycles. The quantitative estimate of drug-likeness (QED) is 0.851. The Hall–Kier alpha value is -1.80. The molecule has 0 spiro atoms. The fourth-order valence-electron chi connectivity index (χ4n) is 1.84. The van der Waals surface area contributed by atoms with E-state index in [1.807, 2.05) is 17.5 Å². The molecule has 114 valence electrons. The van der Waals surface area contributed by atoms with Crippen LogP contribution in [0.2, 0.25) is 0 Å². The summed E-state index contributed by atoms with van der Waals surface area (Å²) < 4.78 is 26.1. The lowest BCUT2D eigenvalue weighted by molar-refractivity contribution is -0.122. The lowest BCUT2D eigenvalue weighted by atomic mass is 10.4. The van der Waals surface area contributed by atoms with E-state index in [4.69, 9.17) is 0 Å². The fraction of sp³-hybridized carbons (Fsp3) is 0.385. The number of nitrogens with zero attached hydrogens (tertiary/aromatic N) is 3. The van der Waals surface area contributed by atoms with Crippen LogP contribution < -0.4 is 5.32 Å². The Bertz CT molecular complexity index is 570. The first-order chi connectivity index (χ1) is 10.1. The molecule has 5 nitrogen and oxygen atoms in total. The van der Waals surface area contributed by atoms with E-state index in [1.54, 1.807) is 23.3 Å². The van der Waals surface area contributed by atoms with Crippen LogP contribution in [0, 0.1) is 0 Å². The second kappa shape index (κ2) is 7.28. The van der Waals surface area contributed by atoms with E-state index in [-0.39, 0.29) is 24.8 Å². The van der Waals surface area contributed by atoms with Crippen LogP contribution in [0.15, 0.2) is 29.9 Å². The lowest BCUT2D eigenvalue weighted by Crippen LogP contribution is -2.34. The number of hydrogen-bond donors (Lipinski definition) is 1. The summed E-state index contributed by atoms with van der Waals surface area (Å²) in [5, 5.41) is 4.73. The van der Waals surface area contributed by atoms with Crippen LogP contribution >= 0.6 is 11.3 Å². The SMILES string of the molecule is CN(CC(=O)NCc1cccs1)Cc1nccn1C(F)F. The smallest absolute Gasteiger partial charge is 0.319 e. The van der Waals surface area contributed by atoms with Gasteiger partial charge in [-0.15, -0.1) is 11.3 Å². The van der Waals surface area contributed by atoms with Crippen molar-refractivity contribution < 1.29 is 13.6 Å². The van der Waals surface area contributed by atoms with Crippen molar-refractivity contribution >= 4 is 17.2 Å². The number of rotatable bonds is 7. The molecule has 1 N–H and O–H groups in total. The van der Waals surface area contributed by atoms with Crippen LogP contribution in [0.25, 0.3) is 0 Å². The highest BCUT2D eigenvalue weighted by Gasteiger charge is 2.14. The number of halogens is 2. The average molecular weight is 314 g/mol. The summed E-state index contributed by atoms with van der Waals surface area (Å²) in [5.41, 5.74) is 0. The van der Waals surface area contributed by atoms with Gasteiger partial charge >= 0.3 is 6.55 Å². The van der Waals surface area contributed by atoms with E-state index in [0.717, 1.165) is 9.44 Å². The maximum Gasteiger partial charge on any atom is 0.319 e. The van der Waals surface area contributed by atoms with Crippen molar-refractivity contribution in [2.45, 2.75) is 19.6 Å². The molecule has 0 aliphatic carbocycles. The predicted molar refractivity (Wildman–Crippen MR) is 76.0 cm³/mol. The third kappa shape index (κ3) is 4.61. The Labute approximate surface area is 125 Å². The number of thiophene rings is 1. The number of amides is 1. The molecular weight excluding hydrogens is 298 g/mol. The van der Waals surface area contributed by atoms with Crippen LogP contribution in [0.4, 0.5) is 8.78 Å². The third-order valence-electron chi connectivity index (χ3n) is 2.82. The number of nitrogens with one attached hydrogen (secondary N) is 1. The van der Waals surface area contributed by atoms with E-state index in [0.29, 0.717) is 6.54 Å². The first-order valence-corrected chi connectivity index (χ1v) is 7.21. The molecule has 0 saturated carbocycles. The molecule has 0 aliphatic rings. The summed E-state index contributed by atoms with van der Waals surface area (Å²) >= 11 is 1.57. The van der Waals surface area contributed by atoms with Crippen molar-refractivity contribution in [2.24, 2.45) is 0 Å². The molecule has 0 atom stereocenters. The minimum Gasteiger partial charge on any atom is -0.350 e. The van der Waals surface area contributed by atoms with Crippen molar-refractivity contribution in [1.29, 1.82) is 0 Å². The second-order valence-corrected chi connectivity index (χ2v) is 5.59. The van der Waals surface area contributed by atoms with E-state index in [1.165, 1.54) is 12.4 Å². The van der Waals surface area contributed by atoms with Gasteiger partial charge in [-0.25, -0.2) is 4.98 Å². The molecule has 2 heterocycles. The van der Waals surface area contributed by atoms with Crippen molar-refractivity contribution in [2.75, 3.05) is 13.6 Å². The Kier molecular flexibility index (Phi) is 5.40. The summed E-state index contributed by atoms with van der Waals surface area (Å²) in [6.07, 6.45) is 2.55. The molecule has 0 aliphatic heterocycles. The van der Waals surface area contributed by atoms with Gasteiger partial charge in [0, 0.05) is 17.3 Å². The number of aromatic nitrogens is 2. The molecule has 1 amide bonds. The lowest BCUT2D eigenvalue weighted by Gasteiger charge is -2.16. The largest absolute Gasteiger partial charge is 0.350 e. The van der Waals surface area contributed by atoms with Crippen molar-refractivity contribution in [3.05, 3.63) is 40.6 Å². The Morgan fingerprint density at radius 1 is 1.57 bits per heavy atom. The molecule has 0 radical (unpaired) electrons. The number of carbonyl (C=O) groups is 1. The van der Waals surface area contributed by atoms with Crippen molar-refractivity contribution in [1.82, 2.24) is 19.8 Å². The topological polar surface area (TPSA) is 50.2 Å². The predicted octanol–water partition coefficient (Wildman–Crippen LogP) is 2.09. The molecule has 8 heteroatoms. The Morgan fingerprint density at radius 2 is 2.38 bits per heavy atom. The van der Waals surface area contributed by atoms with Crippen molar-refractivity contribution in [3.8, 4) is 0 Å². The first kappa shape index (κ1) is 15.6. The van der Waals surface area contributed by atoms with Gasteiger partial charge in [-0.2, -0.15) is 8.78 Å². The highest BCUT2D eigenvalue weighted by molar-refractivity contribution is 7.09. The van der Waals surface area contributed by atoms with Gasteiger partial charge in [-0.3, -0.25) is 14.3 Å². The van der Waals surface area contributed by atoms with E-state index >= 15 is 0 Å². The molecular formula is C13H16F2N4OS. The van der Waals surface area contributed by atoms with Crippen LogP contribution in [-0.4, -0.2) is 34.0 Å². The first-order valence-electron chi connectivity index (χ1n) is 6.33. The monoisotopic (exact) mass is 314 g/mol. The Morgan fingerprint density at radius 3 is 3.05 bits per heavy atom. The summed E-state index contributed by atoms with van der Waals surface area (Å²) in [5.74, 6) is 0.0830. The molecule has 2 aromatic rings. The average Bonchev–Trinajstić information content (AvgIpc) is 3.06. The van der Waals surface area contributed by atoms with Gasteiger partial charge < -0.3 is 5.32 Å². The minimum atomic E-state index is -2.62. The number of carbonyl (C=O) groups excluding carboxylic acids is 1. The van der Waals surface area contributed by atoms with Gasteiger partial charge in [0.15, 0.2) is 0 Å². The molecule has 0 saturated heterocycles. The molecule has 0 fully saturated rings. The second-order valence-electron chi connectivity index (χ2n) is 4.56. The van der Waals surface area contributed by atoms with Gasteiger partial charge in [0.25, 0.3) is 0 Å². The van der Waals surface area contributed by atoms with Gasteiger partial charge in [0.05, 0.1) is 19.6 Å².